The van der Waals surface area contributed by atoms with Crippen molar-refractivity contribution in [3.05, 3.63) is 30.5 Å². The van der Waals surface area contributed by atoms with Crippen LogP contribution in [0.5, 0.6) is 0 Å². The zero-order valence-electron chi connectivity index (χ0n) is 12.1. The van der Waals surface area contributed by atoms with Gasteiger partial charge in [0.2, 0.25) is 0 Å². The number of benzene rings is 1. The van der Waals surface area contributed by atoms with E-state index in [1.165, 1.54) is 4.90 Å². The van der Waals surface area contributed by atoms with E-state index in [0.29, 0.717) is 0 Å². The number of ether oxygens (including phenoxy) is 1. The molecule has 0 aliphatic carbocycles. The average Bonchev–Trinajstić information content (AvgIpc) is 2.67. The van der Waals surface area contributed by atoms with Gasteiger partial charge in [0, 0.05) is 36.9 Å². The minimum absolute atomic E-state index is 0.345. The second kappa shape index (κ2) is 4.61. The molecule has 0 spiro atoms. The monoisotopic (exact) mass is 260 g/mol. The highest BCUT2D eigenvalue weighted by Gasteiger charge is 2.20. The summed E-state index contributed by atoms with van der Waals surface area (Å²) in [6, 6.07) is 7.94. The SMILES string of the molecule is CN(C(=O)OC(C)(C)C)c1ccc2c(ccn2C)c1. The fourth-order valence-corrected chi connectivity index (χ4v) is 1.91. The van der Waals surface area contributed by atoms with Crippen molar-refractivity contribution in [3.63, 3.8) is 0 Å². The Balaban J connectivity index is 2.26. The number of hydrogen-bond acceptors (Lipinski definition) is 2. The molecule has 1 aromatic heterocycles. The summed E-state index contributed by atoms with van der Waals surface area (Å²) in [5.41, 5.74) is 1.48. The molecule has 2 aromatic rings. The maximum absolute atomic E-state index is 12.0. The third-order valence-corrected chi connectivity index (χ3v) is 2.92. The summed E-state index contributed by atoms with van der Waals surface area (Å²) in [6.07, 6.45) is 1.66. The highest BCUT2D eigenvalue weighted by Crippen LogP contribution is 2.23. The standard InChI is InChI=1S/C15H20N2O2/c1-15(2,3)19-14(18)17(5)12-6-7-13-11(10-12)8-9-16(13)4/h6-10H,1-5H3. The van der Waals surface area contributed by atoms with E-state index in [1.54, 1.807) is 7.05 Å². The quantitative estimate of drug-likeness (QED) is 0.786. The Morgan fingerprint density at radius 2 is 1.95 bits per heavy atom. The molecule has 4 nitrogen and oxygen atoms in total. The zero-order valence-corrected chi connectivity index (χ0v) is 12.1. The molecule has 0 saturated carbocycles. The molecule has 0 atom stereocenters. The van der Waals surface area contributed by atoms with Crippen molar-refractivity contribution in [3.8, 4) is 0 Å². The Morgan fingerprint density at radius 1 is 1.26 bits per heavy atom. The first-order valence-electron chi connectivity index (χ1n) is 6.30. The van der Waals surface area contributed by atoms with Crippen LogP contribution in [0.3, 0.4) is 0 Å². The van der Waals surface area contributed by atoms with Crippen molar-refractivity contribution in [2.24, 2.45) is 7.05 Å². The Kier molecular flexibility index (Phi) is 3.27. The minimum Gasteiger partial charge on any atom is -0.443 e. The predicted molar refractivity (Wildman–Crippen MR) is 77.6 cm³/mol. The molecule has 4 heteroatoms. The molecule has 0 unspecified atom stereocenters. The third-order valence-electron chi connectivity index (χ3n) is 2.92. The largest absolute Gasteiger partial charge is 0.443 e. The van der Waals surface area contributed by atoms with Crippen LogP contribution in [-0.4, -0.2) is 23.3 Å². The lowest BCUT2D eigenvalue weighted by atomic mass is 10.2. The van der Waals surface area contributed by atoms with Crippen LogP contribution >= 0.6 is 0 Å². The highest BCUT2D eigenvalue weighted by molar-refractivity contribution is 5.91. The lowest BCUT2D eigenvalue weighted by Gasteiger charge is -2.24. The molecule has 0 N–H and O–H groups in total. The van der Waals surface area contributed by atoms with Crippen LogP contribution in [0.25, 0.3) is 10.9 Å². The van der Waals surface area contributed by atoms with Gasteiger partial charge in [0.05, 0.1) is 0 Å². The van der Waals surface area contributed by atoms with Crippen LogP contribution in [0.2, 0.25) is 0 Å². The number of fused-ring (bicyclic) bond motifs is 1. The predicted octanol–water partition coefficient (Wildman–Crippen LogP) is 3.55. The summed E-state index contributed by atoms with van der Waals surface area (Å²) in [5.74, 6) is 0. The van der Waals surface area contributed by atoms with E-state index >= 15 is 0 Å². The highest BCUT2D eigenvalue weighted by atomic mass is 16.6. The van der Waals surface area contributed by atoms with Gasteiger partial charge < -0.3 is 9.30 Å². The van der Waals surface area contributed by atoms with Crippen LogP contribution in [0.15, 0.2) is 30.5 Å². The van der Waals surface area contributed by atoms with E-state index in [2.05, 4.69) is 0 Å². The number of rotatable bonds is 1. The molecule has 0 fully saturated rings. The van der Waals surface area contributed by atoms with Gasteiger partial charge in [0.1, 0.15) is 5.60 Å². The number of anilines is 1. The van der Waals surface area contributed by atoms with Crippen molar-refractivity contribution in [1.29, 1.82) is 0 Å². The van der Waals surface area contributed by atoms with Crippen molar-refractivity contribution in [1.82, 2.24) is 4.57 Å². The molecular formula is C15H20N2O2. The molecule has 2 rings (SSSR count). The van der Waals surface area contributed by atoms with Gasteiger partial charge in [-0.1, -0.05) is 0 Å². The molecule has 1 amide bonds. The Labute approximate surface area is 113 Å². The fourth-order valence-electron chi connectivity index (χ4n) is 1.91. The van der Waals surface area contributed by atoms with E-state index < -0.39 is 5.60 Å². The van der Waals surface area contributed by atoms with Crippen molar-refractivity contribution in [2.75, 3.05) is 11.9 Å². The molecule has 0 saturated heterocycles. The summed E-state index contributed by atoms with van der Waals surface area (Å²) in [5, 5.41) is 1.11. The molecule has 1 heterocycles. The molecule has 1 aromatic carbocycles. The second-order valence-electron chi connectivity index (χ2n) is 5.71. The molecular weight excluding hydrogens is 240 g/mol. The topological polar surface area (TPSA) is 34.5 Å². The number of amides is 1. The van der Waals surface area contributed by atoms with Crippen LogP contribution in [0.1, 0.15) is 20.8 Å². The lowest BCUT2D eigenvalue weighted by Crippen LogP contribution is -2.34. The number of nitrogens with zero attached hydrogens (tertiary/aromatic N) is 2. The van der Waals surface area contributed by atoms with Gasteiger partial charge in [-0.05, 0) is 45.0 Å². The van der Waals surface area contributed by atoms with E-state index in [-0.39, 0.29) is 6.09 Å². The smallest absolute Gasteiger partial charge is 0.414 e. The molecule has 0 bridgehead atoms. The molecule has 102 valence electrons. The maximum atomic E-state index is 12.0. The fraction of sp³-hybridized carbons (Fsp3) is 0.400. The second-order valence-corrected chi connectivity index (χ2v) is 5.71. The minimum atomic E-state index is -0.484. The third kappa shape index (κ3) is 2.89. The summed E-state index contributed by atoms with van der Waals surface area (Å²) in [4.78, 5) is 13.5. The van der Waals surface area contributed by atoms with E-state index in [4.69, 9.17) is 4.74 Å². The number of aromatic nitrogens is 1. The van der Waals surface area contributed by atoms with Gasteiger partial charge in [0.15, 0.2) is 0 Å². The Bertz CT molecular complexity index is 608. The first kappa shape index (κ1) is 13.5. The Hall–Kier alpha value is -1.97. The van der Waals surface area contributed by atoms with Gasteiger partial charge in [-0.2, -0.15) is 0 Å². The molecule has 0 aliphatic heterocycles. The number of aryl methyl sites for hydroxylation is 1. The average molecular weight is 260 g/mol. The Morgan fingerprint density at radius 3 is 2.58 bits per heavy atom. The number of carbonyl (C=O) groups is 1. The van der Waals surface area contributed by atoms with E-state index in [9.17, 15) is 4.79 Å². The zero-order chi connectivity index (χ0) is 14.2. The normalized spacial score (nSPS) is 11.6. The van der Waals surface area contributed by atoms with E-state index in [1.807, 2.05) is 62.8 Å². The first-order chi connectivity index (χ1) is 8.78. The van der Waals surface area contributed by atoms with E-state index in [0.717, 1.165) is 16.6 Å². The van der Waals surface area contributed by atoms with Gasteiger partial charge in [0.25, 0.3) is 0 Å². The first-order valence-corrected chi connectivity index (χ1v) is 6.30. The number of hydrogen-bond donors (Lipinski definition) is 0. The van der Waals surface area contributed by atoms with Crippen LogP contribution in [-0.2, 0) is 11.8 Å². The maximum Gasteiger partial charge on any atom is 0.414 e. The van der Waals surface area contributed by atoms with Gasteiger partial charge >= 0.3 is 6.09 Å². The van der Waals surface area contributed by atoms with Gasteiger partial charge in [-0.3, -0.25) is 4.90 Å². The summed E-state index contributed by atoms with van der Waals surface area (Å²) in [7, 11) is 3.72. The molecule has 0 radical (unpaired) electrons. The van der Waals surface area contributed by atoms with Crippen LogP contribution in [0.4, 0.5) is 10.5 Å². The van der Waals surface area contributed by atoms with Crippen molar-refractivity contribution >= 4 is 22.7 Å². The summed E-state index contributed by atoms with van der Waals surface area (Å²) >= 11 is 0. The van der Waals surface area contributed by atoms with Crippen LogP contribution < -0.4 is 4.90 Å². The van der Waals surface area contributed by atoms with Crippen LogP contribution in [0, 0.1) is 0 Å². The summed E-state index contributed by atoms with van der Waals surface area (Å²) in [6.45, 7) is 5.58. The van der Waals surface area contributed by atoms with Crippen molar-refractivity contribution in [2.45, 2.75) is 26.4 Å². The summed E-state index contributed by atoms with van der Waals surface area (Å²) < 4.78 is 7.40. The molecule has 0 aliphatic rings. The molecule has 19 heavy (non-hydrogen) atoms. The lowest BCUT2D eigenvalue weighted by molar-refractivity contribution is 0.0589. The van der Waals surface area contributed by atoms with Crippen molar-refractivity contribution < 1.29 is 9.53 Å². The van der Waals surface area contributed by atoms with Gasteiger partial charge in [-0.15, -0.1) is 0 Å². The van der Waals surface area contributed by atoms with Gasteiger partial charge in [-0.25, -0.2) is 4.79 Å². The number of carbonyl (C=O) groups excluding carboxylic acids is 1.